The van der Waals surface area contributed by atoms with Gasteiger partial charge in [0.2, 0.25) is 0 Å². The van der Waals surface area contributed by atoms with Crippen LogP contribution in [0.5, 0.6) is 0 Å². The summed E-state index contributed by atoms with van der Waals surface area (Å²) in [6, 6.07) is 4.04. The maximum atomic E-state index is 12.3. The number of nitriles is 1. The maximum absolute atomic E-state index is 12.3. The smallest absolute Gasteiger partial charge is 0.265 e. The zero-order valence-corrected chi connectivity index (χ0v) is 12.6. The second-order valence-corrected chi connectivity index (χ2v) is 6.37. The minimum atomic E-state index is -0.476. The van der Waals surface area contributed by atoms with Crippen LogP contribution in [0.25, 0.3) is 0 Å². The number of thiophene rings is 1. The Hall–Kier alpha value is -1.09. The first kappa shape index (κ1) is 14.3. The zero-order valence-electron chi connectivity index (χ0n) is 11.0. The molecule has 0 spiro atoms. The normalized spacial score (nSPS) is 17.3. The van der Waals surface area contributed by atoms with Crippen molar-refractivity contribution >= 4 is 28.8 Å². The molecule has 1 aliphatic heterocycles. The topological polar surface area (TPSA) is 47.3 Å². The highest BCUT2D eigenvalue weighted by molar-refractivity contribution is 7.12. The highest BCUT2D eigenvalue weighted by Crippen LogP contribution is 2.25. The van der Waals surface area contributed by atoms with Gasteiger partial charge in [-0.15, -0.1) is 11.3 Å². The molecule has 0 N–H and O–H groups in total. The summed E-state index contributed by atoms with van der Waals surface area (Å²) < 4.78 is 0. The molecule has 1 saturated heterocycles. The van der Waals surface area contributed by atoms with Crippen LogP contribution in [0, 0.1) is 11.3 Å². The number of halogens is 1. The predicted octanol–water partition coefficient (Wildman–Crippen LogP) is 2.46. The van der Waals surface area contributed by atoms with Gasteiger partial charge in [0.25, 0.3) is 5.91 Å². The largest absolute Gasteiger partial charge is 0.335 e. The van der Waals surface area contributed by atoms with E-state index in [1.165, 1.54) is 11.3 Å². The van der Waals surface area contributed by atoms with E-state index < -0.39 is 5.54 Å². The lowest BCUT2D eigenvalue weighted by Crippen LogP contribution is -2.55. The fourth-order valence-corrected chi connectivity index (χ4v) is 3.23. The third-order valence-electron chi connectivity index (χ3n) is 3.44. The standard InChI is InChI=1S/C13H16ClN3OS/c1-13(2,9-15)17-6-4-16(5-7-17)12(18)11-10(14)3-8-19-11/h3,8H,4-7H2,1-2H3. The minimum absolute atomic E-state index is 0.00517. The summed E-state index contributed by atoms with van der Waals surface area (Å²) >= 11 is 7.36. The minimum Gasteiger partial charge on any atom is -0.335 e. The fraction of sp³-hybridized carbons (Fsp3) is 0.538. The van der Waals surface area contributed by atoms with E-state index in [2.05, 4.69) is 11.0 Å². The summed E-state index contributed by atoms with van der Waals surface area (Å²) in [5, 5.41) is 11.5. The second kappa shape index (κ2) is 5.49. The molecule has 1 fully saturated rings. The van der Waals surface area contributed by atoms with Gasteiger partial charge in [0, 0.05) is 26.2 Å². The first-order valence-corrected chi connectivity index (χ1v) is 7.40. The molecule has 102 valence electrons. The van der Waals surface area contributed by atoms with Crippen molar-refractivity contribution in [1.82, 2.24) is 9.80 Å². The molecule has 19 heavy (non-hydrogen) atoms. The zero-order chi connectivity index (χ0) is 14.0. The van der Waals surface area contributed by atoms with E-state index in [1.807, 2.05) is 24.1 Å². The number of hydrogen-bond donors (Lipinski definition) is 0. The van der Waals surface area contributed by atoms with Crippen molar-refractivity contribution in [2.24, 2.45) is 0 Å². The molecule has 0 atom stereocenters. The molecule has 1 aromatic rings. The van der Waals surface area contributed by atoms with Gasteiger partial charge < -0.3 is 4.90 Å². The molecule has 0 unspecified atom stereocenters. The van der Waals surface area contributed by atoms with Crippen LogP contribution in [-0.2, 0) is 0 Å². The Kier molecular flexibility index (Phi) is 4.14. The number of hydrogen-bond acceptors (Lipinski definition) is 4. The lowest BCUT2D eigenvalue weighted by atomic mass is 10.0. The lowest BCUT2D eigenvalue weighted by molar-refractivity contribution is 0.0525. The monoisotopic (exact) mass is 297 g/mol. The van der Waals surface area contributed by atoms with Gasteiger partial charge in [-0.25, -0.2) is 0 Å². The molecule has 2 heterocycles. The van der Waals surface area contributed by atoms with Crippen molar-refractivity contribution in [2.75, 3.05) is 26.2 Å². The first-order valence-electron chi connectivity index (χ1n) is 6.14. The van der Waals surface area contributed by atoms with Crippen LogP contribution in [0.2, 0.25) is 5.02 Å². The van der Waals surface area contributed by atoms with Gasteiger partial charge in [-0.3, -0.25) is 9.69 Å². The van der Waals surface area contributed by atoms with E-state index in [0.717, 1.165) is 13.1 Å². The van der Waals surface area contributed by atoms with Crippen molar-refractivity contribution in [1.29, 1.82) is 5.26 Å². The molecule has 0 bridgehead atoms. The number of carbonyl (C=O) groups excluding carboxylic acids is 1. The summed E-state index contributed by atoms with van der Waals surface area (Å²) in [6.45, 7) is 6.52. The van der Waals surface area contributed by atoms with Crippen LogP contribution in [-0.4, -0.2) is 47.4 Å². The third-order valence-corrected chi connectivity index (χ3v) is 4.77. The van der Waals surface area contributed by atoms with Gasteiger partial charge >= 0.3 is 0 Å². The van der Waals surface area contributed by atoms with Gasteiger partial charge in [-0.1, -0.05) is 11.6 Å². The molecule has 0 aliphatic carbocycles. The SMILES string of the molecule is CC(C)(C#N)N1CCN(C(=O)c2sccc2Cl)CC1. The average Bonchev–Trinajstić information content (AvgIpc) is 2.84. The van der Waals surface area contributed by atoms with E-state index in [4.69, 9.17) is 16.9 Å². The van der Waals surface area contributed by atoms with Crippen molar-refractivity contribution < 1.29 is 4.79 Å². The van der Waals surface area contributed by atoms with Gasteiger partial charge in [-0.2, -0.15) is 5.26 Å². The van der Waals surface area contributed by atoms with Crippen molar-refractivity contribution in [3.8, 4) is 6.07 Å². The molecule has 6 heteroatoms. The van der Waals surface area contributed by atoms with E-state index in [1.54, 1.807) is 6.07 Å². The molecule has 0 radical (unpaired) electrons. The van der Waals surface area contributed by atoms with Crippen LogP contribution in [0.15, 0.2) is 11.4 Å². The summed E-state index contributed by atoms with van der Waals surface area (Å²) in [5.41, 5.74) is -0.476. The van der Waals surface area contributed by atoms with E-state index >= 15 is 0 Å². The Labute approximate surface area is 122 Å². The molecule has 4 nitrogen and oxygen atoms in total. The van der Waals surface area contributed by atoms with Crippen molar-refractivity contribution in [2.45, 2.75) is 19.4 Å². The summed E-state index contributed by atoms with van der Waals surface area (Å²) in [4.78, 5) is 16.8. The van der Waals surface area contributed by atoms with Crippen LogP contribution in [0.4, 0.5) is 0 Å². The van der Waals surface area contributed by atoms with Gasteiger partial charge in [0.1, 0.15) is 10.4 Å². The molecule has 0 aromatic carbocycles. The number of amides is 1. The Bertz CT molecular complexity index is 512. The van der Waals surface area contributed by atoms with Crippen molar-refractivity contribution in [3.05, 3.63) is 21.3 Å². The highest BCUT2D eigenvalue weighted by Gasteiger charge is 2.31. The third kappa shape index (κ3) is 2.92. The summed E-state index contributed by atoms with van der Waals surface area (Å²) in [7, 11) is 0. The molecule has 1 aliphatic rings. The van der Waals surface area contributed by atoms with Crippen molar-refractivity contribution in [3.63, 3.8) is 0 Å². The van der Waals surface area contributed by atoms with Crippen LogP contribution in [0.1, 0.15) is 23.5 Å². The molecule has 1 aromatic heterocycles. The summed E-state index contributed by atoms with van der Waals surface area (Å²) in [6.07, 6.45) is 0. The second-order valence-electron chi connectivity index (χ2n) is 5.05. The maximum Gasteiger partial charge on any atom is 0.265 e. The lowest BCUT2D eigenvalue weighted by Gasteiger charge is -2.40. The van der Waals surface area contributed by atoms with Crippen LogP contribution < -0.4 is 0 Å². The van der Waals surface area contributed by atoms with Crippen LogP contribution in [0.3, 0.4) is 0 Å². The molecule has 2 rings (SSSR count). The quantitative estimate of drug-likeness (QED) is 0.842. The van der Waals surface area contributed by atoms with E-state index in [9.17, 15) is 4.79 Å². The summed E-state index contributed by atoms with van der Waals surface area (Å²) in [5.74, 6) is -0.00517. The Morgan fingerprint density at radius 3 is 2.53 bits per heavy atom. The fourth-order valence-electron chi connectivity index (χ4n) is 2.13. The van der Waals surface area contributed by atoms with Crippen LogP contribution >= 0.6 is 22.9 Å². The highest BCUT2D eigenvalue weighted by atomic mass is 35.5. The number of rotatable bonds is 2. The Balaban J connectivity index is 2.00. The Morgan fingerprint density at radius 1 is 1.42 bits per heavy atom. The van der Waals surface area contributed by atoms with E-state index in [-0.39, 0.29) is 5.91 Å². The predicted molar refractivity (Wildman–Crippen MR) is 76.5 cm³/mol. The first-order chi connectivity index (χ1) is 8.95. The molecular weight excluding hydrogens is 282 g/mol. The number of piperazine rings is 1. The average molecular weight is 298 g/mol. The van der Waals surface area contributed by atoms with Gasteiger partial charge in [0.05, 0.1) is 11.1 Å². The molecule has 1 amide bonds. The number of carbonyl (C=O) groups is 1. The molecule has 0 saturated carbocycles. The Morgan fingerprint density at radius 2 is 2.05 bits per heavy atom. The van der Waals surface area contributed by atoms with E-state index in [0.29, 0.717) is 23.0 Å². The van der Waals surface area contributed by atoms with Gasteiger partial charge in [0.15, 0.2) is 0 Å². The van der Waals surface area contributed by atoms with Gasteiger partial charge in [-0.05, 0) is 25.3 Å². The number of nitrogens with zero attached hydrogens (tertiary/aromatic N) is 3. The molecular formula is C13H16ClN3OS.